The Bertz CT molecular complexity index is 808. The van der Waals surface area contributed by atoms with Gasteiger partial charge in [-0.1, -0.05) is 149 Å². The Morgan fingerprint density at radius 3 is 1.57 bits per heavy atom. The number of halogens is 3. The topological polar surface area (TPSA) is 63.2 Å². The van der Waals surface area contributed by atoms with Crippen LogP contribution in [0.4, 0.5) is 0 Å². The maximum Gasteiger partial charge on any atom is 0.225 e. The Hall–Kier alpha value is -0.490. The molecule has 0 aliphatic heterocycles. The first kappa shape index (κ1) is 32.5. The van der Waals surface area contributed by atoms with Gasteiger partial charge in [0.05, 0.1) is 4.90 Å². The highest BCUT2D eigenvalue weighted by atomic mass is 35.6. The van der Waals surface area contributed by atoms with Crippen LogP contribution in [0.3, 0.4) is 0 Å². The number of nitrogens with one attached hydrogen (secondary N) is 1. The summed E-state index contributed by atoms with van der Waals surface area (Å²) in [6.07, 6.45) is 18.8. The highest BCUT2D eigenvalue weighted by Gasteiger charge is 2.44. The van der Waals surface area contributed by atoms with Crippen molar-refractivity contribution in [1.29, 1.82) is 0 Å². The normalized spacial score (nSPS) is 13.1. The highest BCUT2D eigenvalue weighted by molar-refractivity contribution is 7.92. The lowest BCUT2D eigenvalue weighted by Gasteiger charge is -2.25. The lowest BCUT2D eigenvalue weighted by Crippen LogP contribution is -2.49. The number of carbonyl (C=O) groups is 1. The number of rotatable bonds is 19. The molecule has 0 aromatic heterocycles. The number of carbonyl (C=O) groups excluding carboxylic acids is 1. The van der Waals surface area contributed by atoms with Gasteiger partial charge in [0.1, 0.15) is 0 Å². The average molecular weight is 569 g/mol. The maximum absolute atomic E-state index is 13.0. The van der Waals surface area contributed by atoms with Crippen molar-refractivity contribution in [2.45, 2.75) is 131 Å². The zero-order valence-corrected chi connectivity index (χ0v) is 24.6. The van der Waals surface area contributed by atoms with E-state index in [2.05, 4.69) is 12.2 Å². The number of benzene rings is 1. The first-order valence-electron chi connectivity index (χ1n) is 13.3. The van der Waals surface area contributed by atoms with E-state index in [1.54, 1.807) is 12.1 Å². The number of unbranched alkanes of at least 4 members (excludes halogenated alkanes) is 14. The van der Waals surface area contributed by atoms with Gasteiger partial charge in [0.25, 0.3) is 0 Å². The van der Waals surface area contributed by atoms with E-state index >= 15 is 0 Å². The van der Waals surface area contributed by atoms with E-state index in [-0.39, 0.29) is 11.3 Å². The molecule has 1 aromatic rings. The van der Waals surface area contributed by atoms with E-state index in [1.807, 2.05) is 6.92 Å². The fraction of sp³-hybridized carbons (Fsp3) is 0.741. The lowest BCUT2D eigenvalue weighted by atomic mass is 10.0. The Morgan fingerprint density at radius 1 is 0.771 bits per heavy atom. The van der Waals surface area contributed by atoms with Crippen LogP contribution >= 0.6 is 34.8 Å². The molecule has 1 aromatic carbocycles. The summed E-state index contributed by atoms with van der Waals surface area (Å²) in [6.45, 7) is 4.10. The minimum absolute atomic E-state index is 0.00620. The Balaban J connectivity index is 2.22. The number of alkyl halides is 3. The van der Waals surface area contributed by atoms with Crippen molar-refractivity contribution in [3.63, 3.8) is 0 Å². The van der Waals surface area contributed by atoms with Gasteiger partial charge in [0.15, 0.2) is 5.37 Å². The zero-order valence-electron chi connectivity index (χ0n) is 21.5. The molecule has 0 aliphatic carbocycles. The average Bonchev–Trinajstić information content (AvgIpc) is 2.79. The molecule has 202 valence electrons. The molecule has 0 spiro atoms. The van der Waals surface area contributed by atoms with Crippen LogP contribution < -0.4 is 5.32 Å². The molecule has 1 rings (SSSR count). The van der Waals surface area contributed by atoms with Gasteiger partial charge < -0.3 is 5.32 Å². The van der Waals surface area contributed by atoms with Gasteiger partial charge in [0, 0.05) is 6.42 Å². The van der Waals surface area contributed by atoms with E-state index in [0.717, 1.165) is 24.8 Å². The smallest absolute Gasteiger partial charge is 0.225 e. The van der Waals surface area contributed by atoms with Crippen molar-refractivity contribution >= 4 is 50.5 Å². The minimum Gasteiger partial charge on any atom is -0.336 e. The minimum atomic E-state index is -4.06. The monoisotopic (exact) mass is 567 g/mol. The SMILES string of the molecule is CCCCCCCCCCCCCCCCCC(=O)N[C@@H](C(Cl)(Cl)Cl)S(=O)(=O)c1ccc(C)cc1. The second-order valence-corrected chi connectivity index (χ2v) is 13.9. The van der Waals surface area contributed by atoms with Crippen molar-refractivity contribution in [2.24, 2.45) is 0 Å². The Kier molecular flexibility index (Phi) is 16.6. The first-order valence-corrected chi connectivity index (χ1v) is 15.9. The molecule has 8 heteroatoms. The molecule has 35 heavy (non-hydrogen) atoms. The van der Waals surface area contributed by atoms with Crippen molar-refractivity contribution < 1.29 is 13.2 Å². The predicted octanol–water partition coefficient (Wildman–Crippen LogP) is 8.84. The molecular weight excluding hydrogens is 525 g/mol. The second-order valence-electron chi connectivity index (χ2n) is 9.55. The van der Waals surface area contributed by atoms with Gasteiger partial charge in [-0.25, -0.2) is 8.42 Å². The third kappa shape index (κ3) is 14.1. The summed E-state index contributed by atoms with van der Waals surface area (Å²) in [6, 6.07) is 6.24. The zero-order chi connectivity index (χ0) is 26.2. The molecule has 4 nitrogen and oxygen atoms in total. The molecule has 0 heterocycles. The van der Waals surface area contributed by atoms with Crippen LogP contribution in [0.5, 0.6) is 0 Å². The van der Waals surface area contributed by atoms with E-state index in [0.29, 0.717) is 6.42 Å². The fourth-order valence-corrected chi connectivity index (χ4v) is 6.72. The van der Waals surface area contributed by atoms with Gasteiger partial charge >= 0.3 is 0 Å². The molecule has 1 atom stereocenters. The molecule has 0 radical (unpaired) electrons. The fourth-order valence-electron chi connectivity index (χ4n) is 4.07. The third-order valence-electron chi connectivity index (χ3n) is 6.26. The second kappa shape index (κ2) is 17.9. The number of hydrogen-bond donors (Lipinski definition) is 1. The van der Waals surface area contributed by atoms with Crippen LogP contribution in [0.15, 0.2) is 29.2 Å². The van der Waals surface area contributed by atoms with E-state index in [9.17, 15) is 13.2 Å². The van der Waals surface area contributed by atoms with Crippen LogP contribution in [0, 0.1) is 6.92 Å². The highest BCUT2D eigenvalue weighted by Crippen LogP contribution is 2.36. The van der Waals surface area contributed by atoms with Crippen LogP contribution in [-0.2, 0) is 14.6 Å². The predicted molar refractivity (Wildman–Crippen MR) is 150 cm³/mol. The number of amides is 1. The van der Waals surface area contributed by atoms with E-state index < -0.39 is 24.9 Å². The van der Waals surface area contributed by atoms with E-state index in [1.165, 1.54) is 82.8 Å². The number of aryl methyl sites for hydroxylation is 1. The third-order valence-corrected chi connectivity index (χ3v) is 9.32. The summed E-state index contributed by atoms with van der Waals surface area (Å²) in [7, 11) is -4.06. The summed E-state index contributed by atoms with van der Waals surface area (Å²) in [4.78, 5) is 12.4. The van der Waals surface area contributed by atoms with Gasteiger partial charge in [-0.15, -0.1) is 0 Å². The van der Waals surface area contributed by atoms with Crippen LogP contribution in [-0.4, -0.2) is 23.5 Å². The lowest BCUT2D eigenvalue weighted by molar-refractivity contribution is -0.121. The summed E-state index contributed by atoms with van der Waals surface area (Å²) in [5.74, 6) is -0.424. The van der Waals surface area contributed by atoms with Crippen molar-refractivity contribution in [3.05, 3.63) is 29.8 Å². The molecular formula is C27H44Cl3NO3S. The molecule has 0 unspecified atom stereocenters. The quantitative estimate of drug-likeness (QED) is 0.134. The van der Waals surface area contributed by atoms with Crippen LogP contribution in [0.25, 0.3) is 0 Å². The number of hydrogen-bond acceptors (Lipinski definition) is 3. The molecule has 0 saturated carbocycles. The number of sulfone groups is 1. The van der Waals surface area contributed by atoms with Crippen LogP contribution in [0.1, 0.15) is 115 Å². The molecule has 0 aliphatic rings. The Morgan fingerprint density at radius 2 is 1.17 bits per heavy atom. The molecule has 1 N–H and O–H groups in total. The summed E-state index contributed by atoms with van der Waals surface area (Å²) in [5.41, 5.74) is 0.909. The van der Waals surface area contributed by atoms with E-state index in [4.69, 9.17) is 34.8 Å². The first-order chi connectivity index (χ1) is 16.6. The van der Waals surface area contributed by atoms with Gasteiger partial charge in [-0.3, -0.25) is 4.79 Å². The van der Waals surface area contributed by atoms with Gasteiger partial charge in [-0.05, 0) is 25.5 Å². The summed E-state index contributed by atoms with van der Waals surface area (Å²) < 4.78 is 23.8. The maximum atomic E-state index is 13.0. The van der Waals surface area contributed by atoms with Gasteiger partial charge in [-0.2, -0.15) is 0 Å². The standard InChI is InChI=1S/C27H44Cl3NO3S/c1-3-4-5-6-7-8-9-10-11-12-13-14-15-16-17-18-25(32)31-26(27(28,29)30)35(33,34)24-21-19-23(2)20-22-24/h19-22,26H,3-18H2,1-2H3,(H,31,32)/t26-/m1/s1. The molecule has 1 amide bonds. The largest absolute Gasteiger partial charge is 0.336 e. The van der Waals surface area contributed by atoms with Crippen molar-refractivity contribution in [2.75, 3.05) is 0 Å². The Labute approximate surface area is 228 Å². The molecule has 0 saturated heterocycles. The van der Waals surface area contributed by atoms with Crippen molar-refractivity contribution in [1.82, 2.24) is 5.32 Å². The van der Waals surface area contributed by atoms with Gasteiger partial charge in [0.2, 0.25) is 19.5 Å². The van der Waals surface area contributed by atoms with Crippen molar-refractivity contribution in [3.8, 4) is 0 Å². The van der Waals surface area contributed by atoms with Crippen LogP contribution in [0.2, 0.25) is 0 Å². The summed E-state index contributed by atoms with van der Waals surface area (Å²) in [5, 5.41) is 0.790. The molecule has 0 bridgehead atoms. The molecule has 0 fully saturated rings. The summed E-state index contributed by atoms with van der Waals surface area (Å²) >= 11 is 17.8.